The maximum absolute atomic E-state index is 12.5. The first-order chi connectivity index (χ1) is 11.2. The van der Waals surface area contributed by atoms with Gasteiger partial charge in [0.2, 0.25) is 0 Å². The highest BCUT2D eigenvalue weighted by molar-refractivity contribution is 9.10. The van der Waals surface area contributed by atoms with Crippen molar-refractivity contribution in [2.45, 2.75) is 12.1 Å². The highest BCUT2D eigenvalue weighted by Gasteiger charge is 2.25. The van der Waals surface area contributed by atoms with Crippen molar-refractivity contribution in [3.05, 3.63) is 70.2 Å². The van der Waals surface area contributed by atoms with Crippen molar-refractivity contribution in [3.8, 4) is 0 Å². The summed E-state index contributed by atoms with van der Waals surface area (Å²) < 4.78 is 6.56. The predicted octanol–water partition coefficient (Wildman–Crippen LogP) is 3.06. The standard InChI is InChI=1S/C18H19BrN2O2.ClH/c19-15-8-6-14(7-9-15)17(13-4-2-1-3-5-13)21-18(22)16-12-20-10-11-23-16;/h1-9,16-17,20H,10-12H2,(H,21,22);1H. The van der Waals surface area contributed by atoms with Gasteiger partial charge in [-0.3, -0.25) is 4.79 Å². The van der Waals surface area contributed by atoms with Gasteiger partial charge in [-0.05, 0) is 23.3 Å². The molecule has 1 saturated heterocycles. The average Bonchev–Trinajstić information content (AvgIpc) is 2.62. The number of hydrogen-bond acceptors (Lipinski definition) is 3. The molecule has 4 nitrogen and oxygen atoms in total. The first kappa shape index (κ1) is 18.9. The quantitative estimate of drug-likeness (QED) is 0.813. The fourth-order valence-corrected chi connectivity index (χ4v) is 2.89. The molecule has 1 fully saturated rings. The number of morpholine rings is 1. The molecule has 3 rings (SSSR count). The zero-order chi connectivity index (χ0) is 16.1. The Kier molecular flexibility index (Phi) is 7.24. The summed E-state index contributed by atoms with van der Waals surface area (Å²) in [6.07, 6.45) is -0.439. The molecule has 1 aliphatic rings. The minimum atomic E-state index is -0.439. The molecule has 6 heteroatoms. The molecule has 0 saturated carbocycles. The molecule has 1 aliphatic heterocycles. The van der Waals surface area contributed by atoms with Crippen LogP contribution in [-0.2, 0) is 9.53 Å². The van der Waals surface area contributed by atoms with Crippen molar-refractivity contribution in [3.63, 3.8) is 0 Å². The summed E-state index contributed by atoms with van der Waals surface area (Å²) in [5.41, 5.74) is 2.09. The van der Waals surface area contributed by atoms with Crippen LogP contribution < -0.4 is 10.6 Å². The van der Waals surface area contributed by atoms with Gasteiger partial charge < -0.3 is 15.4 Å². The number of hydrogen-bond donors (Lipinski definition) is 2. The van der Waals surface area contributed by atoms with Crippen molar-refractivity contribution in [1.82, 2.24) is 10.6 Å². The molecule has 2 aromatic carbocycles. The van der Waals surface area contributed by atoms with E-state index in [-0.39, 0.29) is 24.4 Å². The van der Waals surface area contributed by atoms with Crippen LogP contribution in [0.15, 0.2) is 59.1 Å². The second-order valence-electron chi connectivity index (χ2n) is 5.47. The summed E-state index contributed by atoms with van der Waals surface area (Å²) in [5.74, 6) is -0.0889. The Labute approximate surface area is 156 Å². The van der Waals surface area contributed by atoms with Crippen LogP contribution in [0.5, 0.6) is 0 Å². The van der Waals surface area contributed by atoms with Crippen molar-refractivity contribution < 1.29 is 9.53 Å². The van der Waals surface area contributed by atoms with Crippen LogP contribution in [0.2, 0.25) is 0 Å². The van der Waals surface area contributed by atoms with Crippen molar-refractivity contribution >= 4 is 34.2 Å². The zero-order valence-electron chi connectivity index (χ0n) is 13.1. The lowest BCUT2D eigenvalue weighted by atomic mass is 9.98. The fourth-order valence-electron chi connectivity index (χ4n) is 2.63. The molecule has 0 aromatic heterocycles. The Morgan fingerprint density at radius 2 is 1.79 bits per heavy atom. The molecule has 0 bridgehead atoms. The van der Waals surface area contributed by atoms with Gasteiger partial charge in [0.1, 0.15) is 6.10 Å². The number of nitrogens with one attached hydrogen (secondary N) is 2. The summed E-state index contributed by atoms with van der Waals surface area (Å²) in [5, 5.41) is 6.30. The van der Waals surface area contributed by atoms with Crippen LogP contribution in [-0.4, -0.2) is 31.7 Å². The molecule has 2 unspecified atom stereocenters. The molecule has 128 valence electrons. The van der Waals surface area contributed by atoms with Crippen LogP contribution in [0, 0.1) is 0 Å². The third-order valence-electron chi connectivity index (χ3n) is 3.84. The Morgan fingerprint density at radius 1 is 1.12 bits per heavy atom. The summed E-state index contributed by atoms with van der Waals surface area (Å²) >= 11 is 3.45. The monoisotopic (exact) mass is 410 g/mol. The molecule has 2 aromatic rings. The van der Waals surface area contributed by atoms with E-state index in [2.05, 4.69) is 26.6 Å². The minimum Gasteiger partial charge on any atom is -0.366 e. The number of carbonyl (C=O) groups is 1. The number of ether oxygens (including phenoxy) is 1. The van der Waals surface area contributed by atoms with Crippen LogP contribution in [0.4, 0.5) is 0 Å². The van der Waals surface area contributed by atoms with Crippen LogP contribution in [0.3, 0.4) is 0 Å². The van der Waals surface area contributed by atoms with Gasteiger partial charge in [0, 0.05) is 17.6 Å². The second kappa shape index (κ2) is 9.18. The van der Waals surface area contributed by atoms with E-state index in [1.165, 1.54) is 0 Å². The molecule has 1 heterocycles. The smallest absolute Gasteiger partial charge is 0.251 e. The number of amides is 1. The molecule has 0 spiro atoms. The van der Waals surface area contributed by atoms with Gasteiger partial charge in [0.05, 0.1) is 12.6 Å². The number of rotatable bonds is 4. The van der Waals surface area contributed by atoms with Gasteiger partial charge >= 0.3 is 0 Å². The SMILES string of the molecule is Cl.O=C(NC(c1ccccc1)c1ccc(Br)cc1)C1CNCCO1. The van der Waals surface area contributed by atoms with E-state index >= 15 is 0 Å². The Bertz CT molecular complexity index is 646. The van der Waals surface area contributed by atoms with Gasteiger partial charge in [-0.25, -0.2) is 0 Å². The second-order valence-corrected chi connectivity index (χ2v) is 6.38. The Morgan fingerprint density at radius 3 is 2.42 bits per heavy atom. The highest BCUT2D eigenvalue weighted by Crippen LogP contribution is 2.24. The van der Waals surface area contributed by atoms with Gasteiger partial charge in [-0.2, -0.15) is 0 Å². The van der Waals surface area contributed by atoms with E-state index in [4.69, 9.17) is 4.74 Å². The summed E-state index contributed by atoms with van der Waals surface area (Å²) in [6.45, 7) is 1.90. The number of benzene rings is 2. The molecule has 2 N–H and O–H groups in total. The van der Waals surface area contributed by atoms with E-state index in [0.29, 0.717) is 13.2 Å². The maximum atomic E-state index is 12.5. The van der Waals surface area contributed by atoms with Gasteiger partial charge in [0.25, 0.3) is 5.91 Å². The average molecular weight is 412 g/mol. The summed E-state index contributed by atoms with van der Waals surface area (Å²) in [7, 11) is 0. The van der Waals surface area contributed by atoms with Gasteiger partial charge in [-0.1, -0.05) is 58.4 Å². The van der Waals surface area contributed by atoms with E-state index in [1.807, 2.05) is 54.6 Å². The molecule has 0 aliphatic carbocycles. The van der Waals surface area contributed by atoms with E-state index < -0.39 is 6.10 Å². The normalized spacial score (nSPS) is 18.3. The zero-order valence-corrected chi connectivity index (χ0v) is 15.5. The fraction of sp³-hybridized carbons (Fsp3) is 0.278. The number of carbonyl (C=O) groups excluding carboxylic acids is 1. The molecule has 1 amide bonds. The van der Waals surface area contributed by atoms with Gasteiger partial charge in [0.15, 0.2) is 0 Å². The van der Waals surface area contributed by atoms with E-state index in [9.17, 15) is 4.79 Å². The minimum absolute atomic E-state index is 0. The lowest BCUT2D eigenvalue weighted by Crippen LogP contribution is -2.48. The lowest BCUT2D eigenvalue weighted by molar-refractivity contribution is -0.134. The molecule has 0 radical (unpaired) electrons. The Hall–Kier alpha value is -1.40. The first-order valence-corrected chi connectivity index (χ1v) is 8.46. The van der Waals surface area contributed by atoms with E-state index in [1.54, 1.807) is 0 Å². The van der Waals surface area contributed by atoms with Crippen LogP contribution in [0.1, 0.15) is 17.2 Å². The summed E-state index contributed by atoms with van der Waals surface area (Å²) in [6, 6.07) is 17.8. The highest BCUT2D eigenvalue weighted by atomic mass is 79.9. The summed E-state index contributed by atoms with van der Waals surface area (Å²) in [4.78, 5) is 12.5. The van der Waals surface area contributed by atoms with Gasteiger partial charge in [-0.15, -0.1) is 12.4 Å². The topological polar surface area (TPSA) is 50.4 Å². The molecular formula is C18H20BrClN2O2. The molecule has 24 heavy (non-hydrogen) atoms. The third-order valence-corrected chi connectivity index (χ3v) is 4.37. The van der Waals surface area contributed by atoms with E-state index in [0.717, 1.165) is 22.1 Å². The van der Waals surface area contributed by atoms with Crippen LogP contribution in [0.25, 0.3) is 0 Å². The molecule has 2 atom stereocenters. The number of halogens is 2. The largest absolute Gasteiger partial charge is 0.366 e. The third kappa shape index (κ3) is 4.80. The predicted molar refractivity (Wildman–Crippen MR) is 100 cm³/mol. The van der Waals surface area contributed by atoms with Crippen molar-refractivity contribution in [2.24, 2.45) is 0 Å². The van der Waals surface area contributed by atoms with Crippen LogP contribution >= 0.6 is 28.3 Å². The first-order valence-electron chi connectivity index (χ1n) is 7.67. The Balaban J connectivity index is 0.00000208. The van der Waals surface area contributed by atoms with Crippen molar-refractivity contribution in [1.29, 1.82) is 0 Å². The lowest BCUT2D eigenvalue weighted by Gasteiger charge is -2.26. The maximum Gasteiger partial charge on any atom is 0.251 e. The molecular weight excluding hydrogens is 392 g/mol. The van der Waals surface area contributed by atoms with Crippen molar-refractivity contribution in [2.75, 3.05) is 19.7 Å².